The number of hydrogen-bond donors (Lipinski definition) is 1. The van der Waals surface area contributed by atoms with Crippen LogP contribution in [-0.2, 0) is 4.79 Å². The molecule has 0 saturated heterocycles. The van der Waals surface area contributed by atoms with Crippen molar-refractivity contribution in [2.24, 2.45) is 5.92 Å². The van der Waals surface area contributed by atoms with Gasteiger partial charge in [0.25, 0.3) is 5.91 Å². The van der Waals surface area contributed by atoms with Crippen molar-refractivity contribution < 1.29 is 14.1 Å². The number of carbonyl (C=O) groups is 2. The number of halogens is 1. The van der Waals surface area contributed by atoms with Crippen molar-refractivity contribution in [2.45, 2.75) is 27.2 Å². The minimum absolute atomic E-state index is 0.0807. The molecular formula is C18H22ClN3O3. The summed E-state index contributed by atoms with van der Waals surface area (Å²) in [5, 5.41) is 6.72. The predicted molar refractivity (Wildman–Crippen MR) is 96.7 cm³/mol. The van der Waals surface area contributed by atoms with Gasteiger partial charge in [-0.2, -0.15) is 0 Å². The van der Waals surface area contributed by atoms with E-state index in [1.54, 1.807) is 37.3 Å². The van der Waals surface area contributed by atoms with Crippen molar-refractivity contribution in [3.05, 3.63) is 46.7 Å². The molecule has 1 heterocycles. The number of carbonyl (C=O) groups excluding carboxylic acids is 2. The molecule has 1 N–H and O–H groups in total. The molecule has 6 nitrogen and oxygen atoms in total. The summed E-state index contributed by atoms with van der Waals surface area (Å²) in [5.41, 5.74) is 0.387. The second-order valence-corrected chi connectivity index (χ2v) is 6.67. The zero-order valence-electron chi connectivity index (χ0n) is 14.6. The van der Waals surface area contributed by atoms with Gasteiger partial charge in [0.15, 0.2) is 5.82 Å². The average Bonchev–Trinajstić information content (AvgIpc) is 2.96. The first kappa shape index (κ1) is 19.0. The standard InChI is InChI=1S/C18H22ClN3O3/c1-12(2)8-9-22(18(24)14-6-4-5-7-15(14)19)11-17(23)20-16-10-13(3)25-21-16/h4-7,10,12H,8-9,11H2,1-3H3,(H,20,21,23). The summed E-state index contributed by atoms with van der Waals surface area (Å²) >= 11 is 6.12. The summed E-state index contributed by atoms with van der Waals surface area (Å²) in [7, 11) is 0. The fraction of sp³-hybridized carbons (Fsp3) is 0.389. The first-order valence-electron chi connectivity index (χ1n) is 8.13. The molecule has 2 rings (SSSR count). The maximum atomic E-state index is 12.8. The molecule has 134 valence electrons. The van der Waals surface area contributed by atoms with Gasteiger partial charge in [-0.05, 0) is 31.4 Å². The van der Waals surface area contributed by atoms with Crippen molar-refractivity contribution in [1.29, 1.82) is 0 Å². The number of nitrogens with zero attached hydrogens (tertiary/aromatic N) is 2. The SMILES string of the molecule is Cc1cc(NC(=O)CN(CCC(C)C)C(=O)c2ccccc2Cl)no1. The number of aromatic nitrogens is 1. The smallest absolute Gasteiger partial charge is 0.255 e. The second-order valence-electron chi connectivity index (χ2n) is 6.26. The van der Waals surface area contributed by atoms with E-state index in [9.17, 15) is 9.59 Å². The molecule has 0 fully saturated rings. The monoisotopic (exact) mass is 363 g/mol. The van der Waals surface area contributed by atoms with Crippen LogP contribution >= 0.6 is 11.6 Å². The maximum absolute atomic E-state index is 12.8. The highest BCUT2D eigenvalue weighted by Crippen LogP contribution is 2.18. The molecule has 0 atom stereocenters. The highest BCUT2D eigenvalue weighted by atomic mass is 35.5. The Bertz CT molecular complexity index is 743. The van der Waals surface area contributed by atoms with Crippen LogP contribution in [-0.4, -0.2) is 35.0 Å². The van der Waals surface area contributed by atoms with E-state index < -0.39 is 0 Å². The molecule has 0 aliphatic heterocycles. The third kappa shape index (κ3) is 5.60. The van der Waals surface area contributed by atoms with Gasteiger partial charge >= 0.3 is 0 Å². The third-order valence-corrected chi connectivity index (χ3v) is 3.93. The molecule has 2 aromatic rings. The van der Waals surface area contributed by atoms with Gasteiger partial charge < -0.3 is 14.7 Å². The van der Waals surface area contributed by atoms with Crippen molar-refractivity contribution in [3.63, 3.8) is 0 Å². The van der Waals surface area contributed by atoms with E-state index in [0.717, 1.165) is 6.42 Å². The fourth-order valence-electron chi connectivity index (χ4n) is 2.25. The minimum atomic E-state index is -0.336. The number of hydrogen-bond acceptors (Lipinski definition) is 4. The van der Waals surface area contributed by atoms with Crippen LogP contribution in [0.1, 0.15) is 36.4 Å². The molecule has 7 heteroatoms. The Morgan fingerprint density at radius 3 is 2.64 bits per heavy atom. The Balaban J connectivity index is 2.10. The zero-order chi connectivity index (χ0) is 18.4. The lowest BCUT2D eigenvalue weighted by Gasteiger charge is -2.23. The lowest BCUT2D eigenvalue weighted by Crippen LogP contribution is -2.39. The van der Waals surface area contributed by atoms with Gasteiger partial charge in [0, 0.05) is 12.6 Å². The van der Waals surface area contributed by atoms with E-state index in [1.807, 2.05) is 0 Å². The van der Waals surface area contributed by atoms with Crippen LogP contribution in [0.3, 0.4) is 0 Å². The van der Waals surface area contributed by atoms with E-state index in [0.29, 0.717) is 34.6 Å². The van der Waals surface area contributed by atoms with Gasteiger partial charge in [0.05, 0.1) is 10.6 Å². The molecule has 0 radical (unpaired) electrons. The fourth-order valence-corrected chi connectivity index (χ4v) is 2.47. The van der Waals surface area contributed by atoms with Gasteiger partial charge in [0.1, 0.15) is 12.3 Å². The number of amides is 2. The maximum Gasteiger partial charge on any atom is 0.255 e. The second kappa shape index (κ2) is 8.67. The Kier molecular flexibility index (Phi) is 6.58. The highest BCUT2D eigenvalue weighted by molar-refractivity contribution is 6.33. The molecule has 0 saturated carbocycles. The lowest BCUT2D eigenvalue weighted by atomic mass is 10.1. The van der Waals surface area contributed by atoms with Crippen molar-refractivity contribution in [1.82, 2.24) is 10.1 Å². The molecule has 0 spiro atoms. The Labute approximate surface area is 152 Å². The molecule has 0 aliphatic carbocycles. The minimum Gasteiger partial charge on any atom is -0.360 e. The molecule has 0 aliphatic rings. The van der Waals surface area contributed by atoms with Crippen LogP contribution in [0.15, 0.2) is 34.9 Å². The highest BCUT2D eigenvalue weighted by Gasteiger charge is 2.21. The number of aryl methyl sites for hydroxylation is 1. The van der Waals surface area contributed by atoms with E-state index in [1.165, 1.54) is 4.90 Å². The topological polar surface area (TPSA) is 75.4 Å². The normalized spacial score (nSPS) is 10.8. The number of rotatable bonds is 7. The molecule has 0 unspecified atom stereocenters. The summed E-state index contributed by atoms with van der Waals surface area (Å²) in [6, 6.07) is 8.45. The van der Waals surface area contributed by atoms with E-state index in [4.69, 9.17) is 16.1 Å². The van der Waals surface area contributed by atoms with Crippen LogP contribution in [0.2, 0.25) is 5.02 Å². The van der Waals surface area contributed by atoms with Crippen molar-refractivity contribution in [3.8, 4) is 0 Å². The Hall–Kier alpha value is -2.34. The van der Waals surface area contributed by atoms with Crippen LogP contribution in [0.4, 0.5) is 5.82 Å². The van der Waals surface area contributed by atoms with Gasteiger partial charge in [-0.3, -0.25) is 9.59 Å². The van der Waals surface area contributed by atoms with E-state index in [2.05, 4.69) is 24.3 Å². The number of anilines is 1. The molecular weight excluding hydrogens is 342 g/mol. The van der Waals surface area contributed by atoms with Crippen LogP contribution in [0, 0.1) is 12.8 Å². The summed E-state index contributed by atoms with van der Waals surface area (Å²) in [4.78, 5) is 26.6. The molecule has 25 heavy (non-hydrogen) atoms. The average molecular weight is 364 g/mol. The van der Waals surface area contributed by atoms with Gasteiger partial charge in [-0.1, -0.05) is 42.7 Å². The first-order chi connectivity index (χ1) is 11.9. The lowest BCUT2D eigenvalue weighted by molar-refractivity contribution is -0.117. The largest absolute Gasteiger partial charge is 0.360 e. The summed E-state index contributed by atoms with van der Waals surface area (Å²) in [6.45, 7) is 6.25. The summed E-state index contributed by atoms with van der Waals surface area (Å²) in [5.74, 6) is 0.730. The van der Waals surface area contributed by atoms with E-state index in [-0.39, 0.29) is 18.4 Å². The number of benzene rings is 1. The summed E-state index contributed by atoms with van der Waals surface area (Å²) in [6.07, 6.45) is 0.784. The zero-order valence-corrected chi connectivity index (χ0v) is 15.3. The van der Waals surface area contributed by atoms with Crippen LogP contribution in [0.25, 0.3) is 0 Å². The van der Waals surface area contributed by atoms with Crippen LogP contribution in [0.5, 0.6) is 0 Å². The Morgan fingerprint density at radius 1 is 1.32 bits per heavy atom. The van der Waals surface area contributed by atoms with E-state index >= 15 is 0 Å². The molecule has 2 amide bonds. The first-order valence-corrected chi connectivity index (χ1v) is 8.51. The Morgan fingerprint density at radius 2 is 2.04 bits per heavy atom. The van der Waals surface area contributed by atoms with Gasteiger partial charge in [-0.25, -0.2) is 0 Å². The molecule has 1 aromatic heterocycles. The van der Waals surface area contributed by atoms with Crippen LogP contribution < -0.4 is 5.32 Å². The summed E-state index contributed by atoms with van der Waals surface area (Å²) < 4.78 is 4.92. The molecule has 0 bridgehead atoms. The molecule has 1 aromatic carbocycles. The van der Waals surface area contributed by atoms with Gasteiger partial charge in [-0.15, -0.1) is 0 Å². The van der Waals surface area contributed by atoms with Crippen molar-refractivity contribution in [2.75, 3.05) is 18.4 Å². The van der Waals surface area contributed by atoms with Gasteiger partial charge in [0.2, 0.25) is 5.91 Å². The van der Waals surface area contributed by atoms with Crippen molar-refractivity contribution >= 4 is 29.2 Å². The predicted octanol–water partition coefficient (Wildman–Crippen LogP) is 3.76. The number of nitrogens with one attached hydrogen (secondary N) is 1. The quantitative estimate of drug-likeness (QED) is 0.812. The third-order valence-electron chi connectivity index (χ3n) is 3.60.